The molecule has 4 rings (SSSR count). The smallest absolute Gasteiger partial charge is 0.254 e. The summed E-state index contributed by atoms with van der Waals surface area (Å²) in [4.78, 5) is 14.8. The van der Waals surface area contributed by atoms with Crippen molar-refractivity contribution in [2.24, 2.45) is 0 Å². The Hall–Kier alpha value is -2.33. The van der Waals surface area contributed by atoms with Crippen molar-refractivity contribution in [3.05, 3.63) is 60.2 Å². The van der Waals surface area contributed by atoms with Gasteiger partial charge in [0.1, 0.15) is 11.5 Å². The van der Waals surface area contributed by atoms with Crippen LogP contribution in [0, 0.1) is 0 Å². The second kappa shape index (κ2) is 6.05. The summed E-state index contributed by atoms with van der Waals surface area (Å²) in [6.07, 6.45) is 2.09. The molecule has 2 aromatic rings. The van der Waals surface area contributed by atoms with Crippen LogP contribution in [-0.4, -0.2) is 36.1 Å². The van der Waals surface area contributed by atoms with Gasteiger partial charge in [0.15, 0.2) is 0 Å². The van der Waals surface area contributed by atoms with Gasteiger partial charge in [0.2, 0.25) is 0 Å². The highest BCUT2D eigenvalue weighted by Crippen LogP contribution is 2.30. The highest BCUT2D eigenvalue weighted by molar-refractivity contribution is 5.95. The van der Waals surface area contributed by atoms with Gasteiger partial charge in [-0.25, -0.2) is 0 Å². The van der Waals surface area contributed by atoms with Gasteiger partial charge in [-0.15, -0.1) is 0 Å². The van der Waals surface area contributed by atoms with Crippen molar-refractivity contribution in [2.45, 2.75) is 24.9 Å². The number of rotatable bonds is 3. The van der Waals surface area contributed by atoms with E-state index in [1.807, 2.05) is 59.5 Å². The van der Waals surface area contributed by atoms with E-state index in [1.165, 1.54) is 0 Å². The summed E-state index contributed by atoms with van der Waals surface area (Å²) < 4.78 is 11.3. The van der Waals surface area contributed by atoms with E-state index >= 15 is 0 Å². The summed E-state index contributed by atoms with van der Waals surface area (Å²) in [6, 6.07) is 17.5. The van der Waals surface area contributed by atoms with Crippen molar-refractivity contribution < 1.29 is 14.3 Å². The number of hydrogen-bond acceptors (Lipinski definition) is 3. The van der Waals surface area contributed by atoms with E-state index in [0.29, 0.717) is 18.8 Å². The second-order valence-electron chi connectivity index (χ2n) is 6.07. The van der Waals surface area contributed by atoms with Crippen molar-refractivity contribution in [3.8, 4) is 11.5 Å². The SMILES string of the molecule is O=C(c1ccc(Oc2ccccc2)cc1)N1[C@H]2CC[C@H]1COC2. The minimum absolute atomic E-state index is 0.104. The number of morpholine rings is 1. The lowest BCUT2D eigenvalue weighted by molar-refractivity contribution is -0.00715. The van der Waals surface area contributed by atoms with Crippen molar-refractivity contribution in [1.29, 1.82) is 0 Å². The van der Waals surface area contributed by atoms with E-state index in [1.54, 1.807) is 0 Å². The van der Waals surface area contributed by atoms with E-state index in [0.717, 1.165) is 24.3 Å². The molecule has 2 heterocycles. The molecule has 2 aliphatic rings. The van der Waals surface area contributed by atoms with Crippen LogP contribution >= 0.6 is 0 Å². The van der Waals surface area contributed by atoms with Gasteiger partial charge < -0.3 is 14.4 Å². The predicted octanol–water partition coefficient (Wildman–Crippen LogP) is 3.48. The Labute approximate surface area is 135 Å². The number of carbonyl (C=O) groups is 1. The van der Waals surface area contributed by atoms with Crippen molar-refractivity contribution in [1.82, 2.24) is 4.90 Å². The van der Waals surface area contributed by atoms with Crippen LogP contribution in [0.2, 0.25) is 0 Å². The molecule has 2 aromatic carbocycles. The quantitative estimate of drug-likeness (QED) is 0.871. The Kier molecular flexibility index (Phi) is 3.75. The van der Waals surface area contributed by atoms with Gasteiger partial charge in [-0.3, -0.25) is 4.79 Å². The fraction of sp³-hybridized carbons (Fsp3) is 0.316. The molecule has 1 amide bonds. The number of ether oxygens (including phenoxy) is 2. The first-order valence-electron chi connectivity index (χ1n) is 8.04. The number of nitrogens with zero attached hydrogens (tertiary/aromatic N) is 1. The standard InChI is InChI=1S/C19H19NO3/c21-19(20-15-8-9-16(20)13-22-12-15)14-6-10-18(11-7-14)23-17-4-2-1-3-5-17/h1-7,10-11,15-16H,8-9,12-13H2/t15-,16-/m0/s1. The van der Waals surface area contributed by atoms with Crippen LogP contribution in [0.4, 0.5) is 0 Å². The van der Waals surface area contributed by atoms with Crippen molar-refractivity contribution in [3.63, 3.8) is 0 Å². The molecule has 0 N–H and O–H groups in total. The summed E-state index contributed by atoms with van der Waals surface area (Å²) in [5.41, 5.74) is 0.712. The lowest BCUT2D eigenvalue weighted by Crippen LogP contribution is -2.49. The number of para-hydroxylation sites is 1. The van der Waals surface area contributed by atoms with Crippen LogP contribution in [0.3, 0.4) is 0 Å². The molecular formula is C19H19NO3. The largest absolute Gasteiger partial charge is 0.457 e. The van der Waals surface area contributed by atoms with Crippen LogP contribution in [-0.2, 0) is 4.74 Å². The van der Waals surface area contributed by atoms with Gasteiger partial charge in [0, 0.05) is 5.56 Å². The van der Waals surface area contributed by atoms with Crippen LogP contribution in [0.15, 0.2) is 54.6 Å². The lowest BCUT2D eigenvalue weighted by Gasteiger charge is -2.34. The molecule has 0 unspecified atom stereocenters. The molecule has 2 atom stereocenters. The van der Waals surface area contributed by atoms with E-state index in [-0.39, 0.29) is 18.0 Å². The van der Waals surface area contributed by atoms with Crippen LogP contribution in [0.5, 0.6) is 11.5 Å². The van der Waals surface area contributed by atoms with E-state index in [2.05, 4.69) is 0 Å². The predicted molar refractivity (Wildman–Crippen MR) is 86.8 cm³/mol. The Morgan fingerprint density at radius 1 is 0.913 bits per heavy atom. The highest BCUT2D eigenvalue weighted by Gasteiger charge is 2.40. The molecule has 0 radical (unpaired) electrons. The molecule has 0 saturated carbocycles. The average Bonchev–Trinajstić information content (AvgIpc) is 2.84. The average molecular weight is 309 g/mol. The number of fused-ring (bicyclic) bond motifs is 2. The summed E-state index contributed by atoms with van der Waals surface area (Å²) in [5, 5.41) is 0. The first kappa shape index (κ1) is 14.3. The summed E-state index contributed by atoms with van der Waals surface area (Å²) >= 11 is 0. The maximum atomic E-state index is 12.8. The molecule has 2 fully saturated rings. The van der Waals surface area contributed by atoms with E-state index < -0.39 is 0 Å². The lowest BCUT2D eigenvalue weighted by atomic mass is 10.1. The summed E-state index contributed by atoms with van der Waals surface area (Å²) in [7, 11) is 0. The molecule has 2 aliphatic heterocycles. The summed E-state index contributed by atoms with van der Waals surface area (Å²) in [6.45, 7) is 1.33. The normalized spacial score (nSPS) is 22.9. The van der Waals surface area contributed by atoms with Crippen LogP contribution in [0.1, 0.15) is 23.2 Å². The van der Waals surface area contributed by atoms with Gasteiger partial charge in [0.05, 0.1) is 25.3 Å². The number of hydrogen-bond donors (Lipinski definition) is 0. The van der Waals surface area contributed by atoms with E-state index in [4.69, 9.17) is 9.47 Å². The monoisotopic (exact) mass is 309 g/mol. The molecule has 2 bridgehead atoms. The number of benzene rings is 2. The van der Waals surface area contributed by atoms with Gasteiger partial charge in [-0.1, -0.05) is 18.2 Å². The fourth-order valence-electron chi connectivity index (χ4n) is 3.40. The third-order valence-electron chi connectivity index (χ3n) is 4.56. The van der Waals surface area contributed by atoms with Gasteiger partial charge >= 0.3 is 0 Å². The molecule has 118 valence electrons. The molecule has 0 spiro atoms. The van der Waals surface area contributed by atoms with Crippen LogP contribution < -0.4 is 4.74 Å². The highest BCUT2D eigenvalue weighted by atomic mass is 16.5. The molecule has 0 aliphatic carbocycles. The molecule has 2 saturated heterocycles. The molecule has 4 heteroatoms. The maximum Gasteiger partial charge on any atom is 0.254 e. The van der Waals surface area contributed by atoms with E-state index in [9.17, 15) is 4.79 Å². The van der Waals surface area contributed by atoms with Crippen molar-refractivity contribution >= 4 is 5.91 Å². The number of amides is 1. The zero-order valence-electron chi connectivity index (χ0n) is 12.9. The van der Waals surface area contributed by atoms with Crippen LogP contribution in [0.25, 0.3) is 0 Å². The first-order chi connectivity index (χ1) is 11.3. The zero-order chi connectivity index (χ0) is 15.6. The minimum Gasteiger partial charge on any atom is -0.457 e. The fourth-order valence-corrected chi connectivity index (χ4v) is 3.40. The molecular weight excluding hydrogens is 290 g/mol. The zero-order valence-corrected chi connectivity index (χ0v) is 12.9. The van der Waals surface area contributed by atoms with Crippen molar-refractivity contribution in [2.75, 3.05) is 13.2 Å². The summed E-state index contributed by atoms with van der Waals surface area (Å²) in [5.74, 6) is 1.63. The Balaban J connectivity index is 1.49. The van der Waals surface area contributed by atoms with Gasteiger partial charge in [-0.2, -0.15) is 0 Å². The topological polar surface area (TPSA) is 38.8 Å². The number of carbonyl (C=O) groups excluding carboxylic acids is 1. The Bertz CT molecular complexity index is 668. The van der Waals surface area contributed by atoms with Gasteiger partial charge in [-0.05, 0) is 49.2 Å². The van der Waals surface area contributed by atoms with Gasteiger partial charge in [0.25, 0.3) is 5.91 Å². The first-order valence-corrected chi connectivity index (χ1v) is 8.04. The Morgan fingerprint density at radius 3 is 2.17 bits per heavy atom. The molecule has 0 aromatic heterocycles. The molecule has 23 heavy (non-hydrogen) atoms. The maximum absolute atomic E-state index is 12.8. The Morgan fingerprint density at radius 2 is 1.52 bits per heavy atom. The third kappa shape index (κ3) is 2.82. The minimum atomic E-state index is 0.104. The second-order valence-corrected chi connectivity index (χ2v) is 6.07. The molecule has 4 nitrogen and oxygen atoms in total. The third-order valence-corrected chi connectivity index (χ3v) is 4.56.